The molecule has 2 unspecified atom stereocenters. The van der Waals surface area contributed by atoms with E-state index < -0.39 is 15.9 Å². The van der Waals surface area contributed by atoms with Gasteiger partial charge >= 0.3 is 0 Å². The number of ether oxygens (including phenoxy) is 1. The smallest absolute Gasteiger partial charge is 0.283 e. The van der Waals surface area contributed by atoms with Gasteiger partial charge in [0.15, 0.2) is 5.03 Å². The number of benzene rings is 1. The first-order chi connectivity index (χ1) is 12.5. The van der Waals surface area contributed by atoms with Gasteiger partial charge in [-0.1, -0.05) is 18.2 Å². The number of carbonyl (C=O) groups excluding carboxylic acids is 1. The topological polar surface area (TPSA) is 90.3 Å². The summed E-state index contributed by atoms with van der Waals surface area (Å²) in [5.41, 5.74) is 0.741. The molecule has 2 fully saturated rings. The number of carbonyl (C=O) groups is 1. The Kier molecular flexibility index (Phi) is 4.54. The van der Waals surface area contributed by atoms with Crippen molar-refractivity contribution in [2.75, 3.05) is 0 Å². The van der Waals surface area contributed by atoms with Crippen LogP contribution in [-0.2, 0) is 19.6 Å². The molecule has 26 heavy (non-hydrogen) atoms. The van der Waals surface area contributed by atoms with Gasteiger partial charge in [-0.15, -0.1) is 0 Å². The van der Waals surface area contributed by atoms with Crippen LogP contribution in [0.15, 0.2) is 47.6 Å². The van der Waals surface area contributed by atoms with Crippen molar-refractivity contribution < 1.29 is 17.9 Å². The third-order valence-electron chi connectivity index (χ3n) is 4.81. The highest BCUT2D eigenvalue weighted by molar-refractivity contribution is 7.90. The number of nitrogens with one attached hydrogen (secondary N) is 1. The van der Waals surface area contributed by atoms with E-state index in [0.717, 1.165) is 18.5 Å². The number of para-hydroxylation sites is 1. The highest BCUT2D eigenvalue weighted by Crippen LogP contribution is 2.40. The Hall–Kier alpha value is -2.19. The number of aromatic nitrogens is 2. The molecule has 2 heterocycles. The fourth-order valence-corrected chi connectivity index (χ4v) is 4.25. The zero-order chi connectivity index (χ0) is 18.1. The standard InChI is InChI=1S/C18H21N3O4S/c22-17(12-15-8-9-16(25-15)13-6-7-13)20-26(23,24)18-10-11-21(19-18)14-4-2-1-3-5-14/h1-5,10-11,13,15-16H,6-9,12H2,(H,20,22). The summed E-state index contributed by atoms with van der Waals surface area (Å²) in [5.74, 6) is 0.0782. The van der Waals surface area contributed by atoms with Crippen molar-refractivity contribution in [3.63, 3.8) is 0 Å². The summed E-state index contributed by atoms with van der Waals surface area (Å²) in [6, 6.07) is 10.5. The van der Waals surface area contributed by atoms with Crippen molar-refractivity contribution >= 4 is 15.9 Å². The Balaban J connectivity index is 1.37. The molecule has 2 aromatic rings. The molecule has 2 atom stereocenters. The molecule has 1 aromatic carbocycles. The average Bonchev–Trinajstić information content (AvgIpc) is 3.15. The predicted octanol–water partition coefficient (Wildman–Crippen LogP) is 2.02. The zero-order valence-corrected chi connectivity index (χ0v) is 15.1. The van der Waals surface area contributed by atoms with Gasteiger partial charge < -0.3 is 4.74 Å². The van der Waals surface area contributed by atoms with E-state index in [4.69, 9.17) is 4.74 Å². The first-order valence-electron chi connectivity index (χ1n) is 8.83. The Bertz CT molecular complexity index is 890. The van der Waals surface area contributed by atoms with Crippen LogP contribution in [0.2, 0.25) is 0 Å². The van der Waals surface area contributed by atoms with Gasteiger partial charge in [0.05, 0.1) is 24.3 Å². The van der Waals surface area contributed by atoms with Gasteiger partial charge in [-0.2, -0.15) is 13.5 Å². The molecule has 1 aliphatic carbocycles. The van der Waals surface area contributed by atoms with Crippen LogP contribution in [0.5, 0.6) is 0 Å². The summed E-state index contributed by atoms with van der Waals surface area (Å²) in [5, 5.41) is 3.88. The lowest BCUT2D eigenvalue weighted by Gasteiger charge is -2.12. The molecule has 0 radical (unpaired) electrons. The largest absolute Gasteiger partial charge is 0.374 e. The average molecular weight is 375 g/mol. The molecule has 1 N–H and O–H groups in total. The summed E-state index contributed by atoms with van der Waals surface area (Å²) in [4.78, 5) is 12.2. The van der Waals surface area contributed by atoms with Crippen molar-refractivity contribution in [2.24, 2.45) is 5.92 Å². The number of hydrogen-bond donors (Lipinski definition) is 1. The monoisotopic (exact) mass is 375 g/mol. The molecule has 7 nitrogen and oxygen atoms in total. The number of rotatable bonds is 6. The highest BCUT2D eigenvalue weighted by Gasteiger charge is 2.38. The normalized spacial score (nSPS) is 23.1. The second kappa shape index (κ2) is 6.85. The third kappa shape index (κ3) is 3.81. The van der Waals surface area contributed by atoms with Gasteiger partial charge in [-0.05, 0) is 49.8 Å². The molecule has 1 aliphatic heterocycles. The van der Waals surface area contributed by atoms with Gasteiger partial charge in [-0.3, -0.25) is 4.79 Å². The molecule has 1 saturated carbocycles. The SMILES string of the molecule is O=C(CC1CCC(C2CC2)O1)NS(=O)(=O)c1ccn(-c2ccccc2)n1. The van der Waals surface area contributed by atoms with E-state index in [1.54, 1.807) is 6.20 Å². The van der Waals surface area contributed by atoms with Crippen LogP contribution in [0.25, 0.3) is 5.69 Å². The lowest BCUT2D eigenvalue weighted by atomic mass is 10.1. The van der Waals surface area contributed by atoms with E-state index >= 15 is 0 Å². The van der Waals surface area contributed by atoms with Crippen molar-refractivity contribution in [1.82, 2.24) is 14.5 Å². The van der Waals surface area contributed by atoms with Crippen molar-refractivity contribution in [2.45, 2.75) is 49.3 Å². The summed E-state index contributed by atoms with van der Waals surface area (Å²) in [7, 11) is -3.99. The first kappa shape index (κ1) is 17.2. The van der Waals surface area contributed by atoms with E-state index in [0.29, 0.717) is 5.92 Å². The third-order valence-corrected chi connectivity index (χ3v) is 6.07. The van der Waals surface area contributed by atoms with Crippen molar-refractivity contribution in [3.05, 3.63) is 42.6 Å². The maximum Gasteiger partial charge on any atom is 0.283 e. The van der Waals surface area contributed by atoms with Gasteiger partial charge in [0.25, 0.3) is 10.0 Å². The van der Waals surface area contributed by atoms with Crippen LogP contribution in [0.3, 0.4) is 0 Å². The van der Waals surface area contributed by atoms with E-state index in [1.165, 1.54) is 23.6 Å². The van der Waals surface area contributed by atoms with Crippen LogP contribution in [0, 0.1) is 5.92 Å². The first-order valence-corrected chi connectivity index (χ1v) is 10.3. The van der Waals surface area contributed by atoms with Crippen LogP contribution < -0.4 is 4.72 Å². The summed E-state index contributed by atoms with van der Waals surface area (Å²) in [6.07, 6.45) is 5.80. The van der Waals surface area contributed by atoms with E-state index in [2.05, 4.69) is 9.82 Å². The van der Waals surface area contributed by atoms with Crippen LogP contribution in [0.1, 0.15) is 32.1 Å². The molecule has 1 amide bonds. The van der Waals surface area contributed by atoms with Gasteiger partial charge in [-0.25, -0.2) is 9.40 Å². The molecular formula is C18H21N3O4S. The highest BCUT2D eigenvalue weighted by atomic mass is 32.2. The van der Waals surface area contributed by atoms with Crippen LogP contribution in [-0.4, -0.2) is 36.3 Å². The lowest BCUT2D eigenvalue weighted by molar-refractivity contribution is -0.122. The second-order valence-electron chi connectivity index (χ2n) is 6.88. The van der Waals surface area contributed by atoms with E-state index in [-0.39, 0.29) is 23.7 Å². The van der Waals surface area contributed by atoms with E-state index in [1.807, 2.05) is 30.3 Å². The molecule has 1 aromatic heterocycles. The number of nitrogens with zero attached hydrogens (tertiary/aromatic N) is 2. The second-order valence-corrected chi connectivity index (χ2v) is 8.51. The van der Waals surface area contributed by atoms with Gasteiger partial charge in [0.1, 0.15) is 0 Å². The molecule has 0 bridgehead atoms. The van der Waals surface area contributed by atoms with Crippen molar-refractivity contribution in [1.29, 1.82) is 0 Å². The van der Waals surface area contributed by atoms with E-state index in [9.17, 15) is 13.2 Å². The van der Waals surface area contributed by atoms with Crippen LogP contribution in [0.4, 0.5) is 0 Å². The molecule has 138 valence electrons. The fourth-order valence-electron chi connectivity index (χ4n) is 3.32. The fraction of sp³-hybridized carbons (Fsp3) is 0.444. The van der Waals surface area contributed by atoms with Gasteiger partial charge in [0, 0.05) is 6.20 Å². The zero-order valence-electron chi connectivity index (χ0n) is 14.2. The Labute approximate surface area is 152 Å². The van der Waals surface area contributed by atoms with Gasteiger partial charge in [0.2, 0.25) is 5.91 Å². The summed E-state index contributed by atoms with van der Waals surface area (Å²) < 4.78 is 34.2. The number of amides is 1. The maximum absolute atomic E-state index is 12.4. The summed E-state index contributed by atoms with van der Waals surface area (Å²) in [6.45, 7) is 0. The molecular weight excluding hydrogens is 354 g/mol. The molecule has 2 aliphatic rings. The molecule has 8 heteroatoms. The maximum atomic E-state index is 12.4. The van der Waals surface area contributed by atoms with Crippen molar-refractivity contribution in [3.8, 4) is 5.69 Å². The minimum atomic E-state index is -3.99. The number of sulfonamides is 1. The minimum absolute atomic E-state index is 0.0574. The lowest BCUT2D eigenvalue weighted by Crippen LogP contribution is -2.33. The minimum Gasteiger partial charge on any atom is -0.374 e. The molecule has 4 rings (SSSR count). The Morgan fingerprint density at radius 3 is 2.65 bits per heavy atom. The Morgan fingerprint density at radius 1 is 1.15 bits per heavy atom. The number of hydrogen-bond acceptors (Lipinski definition) is 5. The molecule has 0 spiro atoms. The Morgan fingerprint density at radius 2 is 1.92 bits per heavy atom. The predicted molar refractivity (Wildman–Crippen MR) is 94.1 cm³/mol. The quantitative estimate of drug-likeness (QED) is 0.834. The summed E-state index contributed by atoms with van der Waals surface area (Å²) >= 11 is 0. The molecule has 1 saturated heterocycles. The van der Waals surface area contributed by atoms with Crippen LogP contribution >= 0.6 is 0 Å².